The standard InChI is InChI=1S/C15H14FNO2/c1-17(10-11-5-7-13(16)8-6-11)15(19)12-3-2-4-14(18)9-12/h2-9,18H,10H2,1H3. The van der Waals surface area contributed by atoms with Crippen LogP contribution in [-0.2, 0) is 6.54 Å². The van der Waals surface area contributed by atoms with Crippen LogP contribution in [0.2, 0.25) is 0 Å². The van der Waals surface area contributed by atoms with Crippen LogP contribution < -0.4 is 0 Å². The van der Waals surface area contributed by atoms with Crippen LogP contribution in [0.3, 0.4) is 0 Å². The average molecular weight is 259 g/mol. The second kappa shape index (κ2) is 5.52. The van der Waals surface area contributed by atoms with Crippen LogP contribution in [0.15, 0.2) is 48.5 Å². The number of benzene rings is 2. The molecule has 4 heteroatoms. The quantitative estimate of drug-likeness (QED) is 0.920. The highest BCUT2D eigenvalue weighted by atomic mass is 19.1. The van der Waals surface area contributed by atoms with Crippen molar-refractivity contribution in [2.45, 2.75) is 6.54 Å². The Kier molecular flexibility index (Phi) is 3.80. The highest BCUT2D eigenvalue weighted by molar-refractivity contribution is 5.94. The maximum atomic E-state index is 12.8. The van der Waals surface area contributed by atoms with Gasteiger partial charge < -0.3 is 10.0 Å². The maximum absolute atomic E-state index is 12.8. The summed E-state index contributed by atoms with van der Waals surface area (Å²) in [6, 6.07) is 12.2. The van der Waals surface area contributed by atoms with Crippen LogP contribution >= 0.6 is 0 Å². The first kappa shape index (κ1) is 13.1. The lowest BCUT2D eigenvalue weighted by Gasteiger charge is -2.17. The normalized spacial score (nSPS) is 10.2. The van der Waals surface area contributed by atoms with Gasteiger partial charge in [0.1, 0.15) is 11.6 Å². The number of hydrogen-bond donors (Lipinski definition) is 1. The summed E-state index contributed by atoms with van der Waals surface area (Å²) >= 11 is 0. The first-order valence-corrected chi connectivity index (χ1v) is 5.85. The molecule has 2 aromatic carbocycles. The lowest BCUT2D eigenvalue weighted by Crippen LogP contribution is -2.26. The topological polar surface area (TPSA) is 40.5 Å². The summed E-state index contributed by atoms with van der Waals surface area (Å²) in [4.78, 5) is 13.6. The second-order valence-electron chi connectivity index (χ2n) is 4.34. The summed E-state index contributed by atoms with van der Waals surface area (Å²) in [5.74, 6) is -0.438. The van der Waals surface area contributed by atoms with Crippen LogP contribution in [0.25, 0.3) is 0 Å². The number of phenols is 1. The van der Waals surface area contributed by atoms with Crippen molar-refractivity contribution >= 4 is 5.91 Å². The highest BCUT2D eigenvalue weighted by Gasteiger charge is 2.12. The summed E-state index contributed by atoms with van der Waals surface area (Å²) in [7, 11) is 1.66. The van der Waals surface area contributed by atoms with E-state index in [0.717, 1.165) is 5.56 Å². The molecule has 0 aromatic heterocycles. The summed E-state index contributed by atoms with van der Waals surface area (Å²) in [6.07, 6.45) is 0. The smallest absolute Gasteiger partial charge is 0.254 e. The Morgan fingerprint density at radius 3 is 2.53 bits per heavy atom. The van der Waals surface area contributed by atoms with Crippen molar-refractivity contribution in [2.24, 2.45) is 0 Å². The van der Waals surface area contributed by atoms with Crippen molar-refractivity contribution < 1.29 is 14.3 Å². The molecule has 2 rings (SSSR count). The number of amides is 1. The number of rotatable bonds is 3. The molecular formula is C15H14FNO2. The molecule has 0 heterocycles. The van der Waals surface area contributed by atoms with Crippen molar-refractivity contribution in [3.8, 4) is 5.75 Å². The van der Waals surface area contributed by atoms with Gasteiger partial charge in [-0.3, -0.25) is 4.79 Å². The van der Waals surface area contributed by atoms with E-state index < -0.39 is 0 Å². The Labute approximate surface area is 110 Å². The Morgan fingerprint density at radius 1 is 1.21 bits per heavy atom. The monoisotopic (exact) mass is 259 g/mol. The van der Waals surface area contributed by atoms with Crippen molar-refractivity contribution in [2.75, 3.05) is 7.05 Å². The zero-order chi connectivity index (χ0) is 13.8. The van der Waals surface area contributed by atoms with Gasteiger partial charge in [-0.15, -0.1) is 0 Å². The van der Waals surface area contributed by atoms with Gasteiger partial charge in [-0.05, 0) is 35.9 Å². The molecular weight excluding hydrogens is 245 g/mol. The van der Waals surface area contributed by atoms with E-state index >= 15 is 0 Å². The summed E-state index contributed by atoms with van der Waals surface area (Å²) in [6.45, 7) is 0.384. The Morgan fingerprint density at radius 2 is 1.89 bits per heavy atom. The van der Waals surface area contributed by atoms with Gasteiger partial charge in [0, 0.05) is 19.2 Å². The van der Waals surface area contributed by atoms with Gasteiger partial charge in [0.25, 0.3) is 5.91 Å². The first-order chi connectivity index (χ1) is 9.06. The van der Waals surface area contributed by atoms with Gasteiger partial charge in [0.15, 0.2) is 0 Å². The molecule has 3 nitrogen and oxygen atoms in total. The summed E-state index contributed by atoms with van der Waals surface area (Å²) in [5.41, 5.74) is 1.27. The summed E-state index contributed by atoms with van der Waals surface area (Å²) in [5, 5.41) is 9.35. The predicted octanol–water partition coefficient (Wildman–Crippen LogP) is 2.80. The van der Waals surface area contributed by atoms with Crippen LogP contribution in [-0.4, -0.2) is 23.0 Å². The molecule has 0 spiro atoms. The Balaban J connectivity index is 2.09. The van der Waals surface area contributed by atoms with Crippen LogP contribution in [0.5, 0.6) is 5.75 Å². The SMILES string of the molecule is CN(Cc1ccc(F)cc1)C(=O)c1cccc(O)c1. The van der Waals surface area contributed by atoms with Crippen molar-refractivity contribution in [3.05, 3.63) is 65.5 Å². The lowest BCUT2D eigenvalue weighted by atomic mass is 10.1. The van der Waals surface area contributed by atoms with Gasteiger partial charge in [-0.25, -0.2) is 4.39 Å². The van der Waals surface area contributed by atoms with E-state index in [-0.39, 0.29) is 17.5 Å². The molecule has 0 radical (unpaired) electrons. The van der Waals surface area contributed by atoms with Crippen LogP contribution in [0.4, 0.5) is 4.39 Å². The number of halogens is 1. The third-order valence-corrected chi connectivity index (χ3v) is 2.77. The van der Waals surface area contributed by atoms with Crippen LogP contribution in [0, 0.1) is 5.82 Å². The van der Waals surface area contributed by atoms with Gasteiger partial charge in [0.2, 0.25) is 0 Å². The molecule has 0 atom stereocenters. The van der Waals surface area contributed by atoms with Gasteiger partial charge in [0.05, 0.1) is 0 Å². The number of carbonyl (C=O) groups excluding carboxylic acids is 1. The predicted molar refractivity (Wildman–Crippen MR) is 70.3 cm³/mol. The maximum Gasteiger partial charge on any atom is 0.254 e. The molecule has 0 saturated carbocycles. The van der Waals surface area contributed by atoms with E-state index in [4.69, 9.17) is 0 Å². The number of nitrogens with zero attached hydrogens (tertiary/aromatic N) is 1. The van der Waals surface area contributed by atoms with E-state index in [2.05, 4.69) is 0 Å². The van der Waals surface area contributed by atoms with Gasteiger partial charge in [-0.1, -0.05) is 18.2 Å². The van der Waals surface area contributed by atoms with Crippen molar-refractivity contribution in [3.63, 3.8) is 0 Å². The number of aromatic hydroxyl groups is 1. The average Bonchev–Trinajstić information content (AvgIpc) is 2.40. The van der Waals surface area contributed by atoms with E-state index in [1.54, 1.807) is 31.3 Å². The molecule has 0 fully saturated rings. The molecule has 1 amide bonds. The minimum Gasteiger partial charge on any atom is -0.508 e. The molecule has 1 N–H and O–H groups in total. The third-order valence-electron chi connectivity index (χ3n) is 2.77. The molecule has 0 saturated heterocycles. The Bertz CT molecular complexity index is 581. The number of carbonyl (C=O) groups is 1. The largest absolute Gasteiger partial charge is 0.508 e. The summed E-state index contributed by atoms with van der Waals surface area (Å²) < 4.78 is 12.8. The molecule has 2 aromatic rings. The third kappa shape index (κ3) is 3.31. The molecule has 98 valence electrons. The van der Waals surface area contributed by atoms with Crippen LogP contribution in [0.1, 0.15) is 15.9 Å². The second-order valence-corrected chi connectivity index (χ2v) is 4.34. The highest BCUT2D eigenvalue weighted by Crippen LogP contribution is 2.14. The fraction of sp³-hybridized carbons (Fsp3) is 0.133. The lowest BCUT2D eigenvalue weighted by molar-refractivity contribution is 0.0784. The molecule has 0 aliphatic rings. The van der Waals surface area contributed by atoms with E-state index in [0.29, 0.717) is 12.1 Å². The van der Waals surface area contributed by atoms with E-state index in [1.165, 1.54) is 29.2 Å². The zero-order valence-electron chi connectivity index (χ0n) is 10.5. The Hall–Kier alpha value is -2.36. The van der Waals surface area contributed by atoms with E-state index in [1.807, 2.05) is 0 Å². The van der Waals surface area contributed by atoms with Crippen molar-refractivity contribution in [1.82, 2.24) is 4.90 Å². The minimum absolute atomic E-state index is 0.0565. The number of hydrogen-bond acceptors (Lipinski definition) is 2. The molecule has 0 aliphatic carbocycles. The van der Waals surface area contributed by atoms with E-state index in [9.17, 15) is 14.3 Å². The fourth-order valence-electron chi connectivity index (χ4n) is 1.79. The fourth-order valence-corrected chi connectivity index (χ4v) is 1.79. The molecule has 19 heavy (non-hydrogen) atoms. The molecule has 0 unspecified atom stereocenters. The molecule has 0 aliphatic heterocycles. The van der Waals surface area contributed by atoms with Gasteiger partial charge >= 0.3 is 0 Å². The number of phenolic OH excluding ortho intramolecular Hbond substituents is 1. The zero-order valence-corrected chi connectivity index (χ0v) is 10.5. The molecule has 0 bridgehead atoms. The van der Waals surface area contributed by atoms with Gasteiger partial charge in [-0.2, -0.15) is 0 Å². The van der Waals surface area contributed by atoms with Crippen molar-refractivity contribution in [1.29, 1.82) is 0 Å². The minimum atomic E-state index is -0.300. The first-order valence-electron chi connectivity index (χ1n) is 5.85.